The molecule has 2 N–H and O–H groups in total. The van der Waals surface area contributed by atoms with Crippen molar-refractivity contribution in [3.8, 4) is 0 Å². The number of hydrogen-bond acceptors (Lipinski definition) is 4. The summed E-state index contributed by atoms with van der Waals surface area (Å²) in [7, 11) is 2.16. The molecule has 0 aromatic carbocycles. The molecule has 4 nitrogen and oxygen atoms in total. The Morgan fingerprint density at radius 3 is 2.61 bits per heavy atom. The van der Waals surface area contributed by atoms with Crippen LogP contribution in [-0.4, -0.2) is 35.8 Å². The molecular formula is C19H33N3O. The van der Waals surface area contributed by atoms with Gasteiger partial charge in [-0.15, -0.1) is 0 Å². The van der Waals surface area contributed by atoms with Crippen molar-refractivity contribution in [3.05, 3.63) is 23.9 Å². The van der Waals surface area contributed by atoms with E-state index in [-0.39, 0.29) is 18.1 Å². The van der Waals surface area contributed by atoms with Crippen molar-refractivity contribution in [2.75, 3.05) is 18.6 Å². The van der Waals surface area contributed by atoms with Crippen LogP contribution in [0.1, 0.15) is 58.6 Å². The van der Waals surface area contributed by atoms with E-state index in [2.05, 4.69) is 56.2 Å². The minimum absolute atomic E-state index is 0.119. The maximum Gasteiger partial charge on any atom is 0.128 e. The van der Waals surface area contributed by atoms with Gasteiger partial charge in [-0.3, -0.25) is 0 Å². The third-order valence-corrected chi connectivity index (χ3v) is 4.68. The van der Waals surface area contributed by atoms with Crippen molar-refractivity contribution >= 4 is 5.82 Å². The largest absolute Gasteiger partial charge is 0.395 e. The lowest BCUT2D eigenvalue weighted by Gasteiger charge is -2.27. The van der Waals surface area contributed by atoms with Crippen LogP contribution in [0, 0.1) is 5.41 Å². The molecule has 0 spiro atoms. The SMILES string of the molecule is CN(c1cccc(CN[C@@H](CO)CC(C)(C)C)n1)C1CCCC1. The summed E-state index contributed by atoms with van der Waals surface area (Å²) in [6, 6.07) is 7.00. The van der Waals surface area contributed by atoms with Gasteiger partial charge in [0.2, 0.25) is 0 Å². The molecule has 1 saturated carbocycles. The van der Waals surface area contributed by atoms with Crippen molar-refractivity contribution in [1.82, 2.24) is 10.3 Å². The molecule has 2 rings (SSSR count). The lowest BCUT2D eigenvalue weighted by atomic mass is 9.88. The first-order valence-corrected chi connectivity index (χ1v) is 8.92. The van der Waals surface area contributed by atoms with Crippen molar-refractivity contribution in [3.63, 3.8) is 0 Å². The van der Waals surface area contributed by atoms with Gasteiger partial charge >= 0.3 is 0 Å². The minimum Gasteiger partial charge on any atom is -0.395 e. The van der Waals surface area contributed by atoms with Crippen LogP contribution < -0.4 is 10.2 Å². The third-order valence-electron chi connectivity index (χ3n) is 4.68. The van der Waals surface area contributed by atoms with Gasteiger partial charge in [-0.25, -0.2) is 4.98 Å². The Hall–Kier alpha value is -1.13. The Kier molecular flexibility index (Phi) is 6.42. The van der Waals surface area contributed by atoms with E-state index in [4.69, 9.17) is 4.98 Å². The number of pyridine rings is 1. The number of nitrogens with one attached hydrogen (secondary N) is 1. The number of aliphatic hydroxyl groups excluding tert-OH is 1. The van der Waals surface area contributed by atoms with Gasteiger partial charge in [-0.1, -0.05) is 39.7 Å². The van der Waals surface area contributed by atoms with Gasteiger partial charge in [-0.05, 0) is 36.8 Å². The van der Waals surface area contributed by atoms with E-state index in [1.807, 2.05) is 0 Å². The molecule has 1 aliphatic carbocycles. The molecule has 1 aromatic rings. The summed E-state index contributed by atoms with van der Waals surface area (Å²) in [4.78, 5) is 7.13. The molecular weight excluding hydrogens is 286 g/mol. The maximum absolute atomic E-state index is 9.56. The van der Waals surface area contributed by atoms with E-state index in [9.17, 15) is 5.11 Å². The van der Waals surface area contributed by atoms with Gasteiger partial charge in [0, 0.05) is 25.7 Å². The number of rotatable bonds is 7. The van der Waals surface area contributed by atoms with Gasteiger partial charge in [0.25, 0.3) is 0 Å². The summed E-state index contributed by atoms with van der Waals surface area (Å²) >= 11 is 0. The fourth-order valence-electron chi connectivity index (χ4n) is 3.43. The monoisotopic (exact) mass is 319 g/mol. The molecule has 0 unspecified atom stereocenters. The van der Waals surface area contributed by atoms with Crippen LogP contribution in [-0.2, 0) is 6.54 Å². The third kappa shape index (κ3) is 5.78. The molecule has 23 heavy (non-hydrogen) atoms. The highest BCUT2D eigenvalue weighted by Crippen LogP contribution is 2.26. The van der Waals surface area contributed by atoms with E-state index >= 15 is 0 Å². The van der Waals surface area contributed by atoms with Gasteiger partial charge in [-0.2, -0.15) is 0 Å². The summed E-state index contributed by atoms with van der Waals surface area (Å²) in [6.07, 6.45) is 6.17. The Morgan fingerprint density at radius 2 is 2.00 bits per heavy atom. The van der Waals surface area contributed by atoms with E-state index in [1.165, 1.54) is 25.7 Å². The number of aromatic nitrogens is 1. The molecule has 0 bridgehead atoms. The molecule has 1 fully saturated rings. The van der Waals surface area contributed by atoms with E-state index < -0.39 is 0 Å². The maximum atomic E-state index is 9.56. The summed E-state index contributed by atoms with van der Waals surface area (Å²) in [5.41, 5.74) is 1.25. The second-order valence-electron chi connectivity index (χ2n) is 8.06. The van der Waals surface area contributed by atoms with Crippen molar-refractivity contribution < 1.29 is 5.11 Å². The summed E-state index contributed by atoms with van der Waals surface area (Å²) in [6.45, 7) is 7.47. The van der Waals surface area contributed by atoms with Crippen molar-refractivity contribution in [1.29, 1.82) is 0 Å². The number of aliphatic hydroxyl groups is 1. The molecule has 0 radical (unpaired) electrons. The van der Waals surface area contributed by atoms with Crippen LogP contribution in [0.5, 0.6) is 0 Å². The van der Waals surface area contributed by atoms with Gasteiger partial charge in [0.1, 0.15) is 5.82 Å². The lowest BCUT2D eigenvalue weighted by molar-refractivity contribution is 0.197. The second-order valence-corrected chi connectivity index (χ2v) is 8.06. The van der Waals surface area contributed by atoms with Gasteiger partial charge in [0.05, 0.1) is 12.3 Å². The van der Waals surface area contributed by atoms with Crippen LogP contribution in [0.3, 0.4) is 0 Å². The number of anilines is 1. The van der Waals surface area contributed by atoms with E-state index in [0.717, 1.165) is 17.9 Å². The van der Waals surface area contributed by atoms with Crippen LogP contribution in [0.2, 0.25) is 0 Å². The Balaban J connectivity index is 1.94. The number of nitrogens with zero attached hydrogens (tertiary/aromatic N) is 2. The molecule has 130 valence electrons. The Bertz CT molecular complexity index is 478. The fourth-order valence-corrected chi connectivity index (χ4v) is 3.43. The zero-order chi connectivity index (χ0) is 16.9. The highest BCUT2D eigenvalue weighted by atomic mass is 16.3. The Labute approximate surface area is 141 Å². The highest BCUT2D eigenvalue weighted by molar-refractivity contribution is 5.39. The molecule has 1 atom stereocenters. The first-order chi connectivity index (χ1) is 10.9. The topological polar surface area (TPSA) is 48.4 Å². The van der Waals surface area contributed by atoms with Crippen molar-refractivity contribution in [2.45, 2.75) is 71.5 Å². The first-order valence-electron chi connectivity index (χ1n) is 8.92. The zero-order valence-corrected chi connectivity index (χ0v) is 15.2. The highest BCUT2D eigenvalue weighted by Gasteiger charge is 2.21. The van der Waals surface area contributed by atoms with E-state index in [1.54, 1.807) is 0 Å². The summed E-state index contributed by atoms with van der Waals surface area (Å²) in [5, 5.41) is 13.0. The Morgan fingerprint density at radius 1 is 1.30 bits per heavy atom. The van der Waals surface area contributed by atoms with E-state index in [0.29, 0.717) is 12.6 Å². The standard InChI is InChI=1S/C19H33N3O/c1-19(2,3)12-16(14-23)20-13-15-8-7-11-18(21-15)22(4)17-9-5-6-10-17/h7-8,11,16-17,20,23H,5-6,9-10,12-14H2,1-4H3/t16-/m1/s1. The zero-order valence-electron chi connectivity index (χ0n) is 15.2. The molecule has 0 amide bonds. The predicted molar refractivity (Wildman–Crippen MR) is 96.7 cm³/mol. The second kappa shape index (κ2) is 8.11. The van der Waals surface area contributed by atoms with Crippen LogP contribution >= 0.6 is 0 Å². The molecule has 4 heteroatoms. The molecule has 0 saturated heterocycles. The smallest absolute Gasteiger partial charge is 0.128 e. The first kappa shape index (κ1) is 18.2. The lowest BCUT2D eigenvalue weighted by Crippen LogP contribution is -2.36. The van der Waals surface area contributed by atoms with Crippen LogP contribution in [0.25, 0.3) is 0 Å². The average molecular weight is 319 g/mol. The average Bonchev–Trinajstić information content (AvgIpc) is 3.04. The van der Waals surface area contributed by atoms with Crippen LogP contribution in [0.15, 0.2) is 18.2 Å². The summed E-state index contributed by atoms with van der Waals surface area (Å²) in [5.74, 6) is 1.06. The molecule has 1 aromatic heterocycles. The molecule has 1 heterocycles. The number of hydrogen-bond donors (Lipinski definition) is 2. The molecule has 0 aliphatic heterocycles. The van der Waals surface area contributed by atoms with Crippen LogP contribution in [0.4, 0.5) is 5.82 Å². The van der Waals surface area contributed by atoms with Gasteiger partial charge < -0.3 is 15.3 Å². The van der Waals surface area contributed by atoms with Crippen molar-refractivity contribution in [2.24, 2.45) is 5.41 Å². The summed E-state index contributed by atoms with van der Waals surface area (Å²) < 4.78 is 0. The normalized spacial score (nSPS) is 17.4. The fraction of sp³-hybridized carbons (Fsp3) is 0.737. The molecule has 1 aliphatic rings. The van der Waals surface area contributed by atoms with Gasteiger partial charge in [0.15, 0.2) is 0 Å². The predicted octanol–water partition coefficient (Wildman–Crippen LogP) is 3.35. The quantitative estimate of drug-likeness (QED) is 0.809. The minimum atomic E-state index is 0.119.